The molecule has 3 aromatic rings. The fraction of sp³-hybridized carbons (Fsp3) is 0.273. The zero-order valence-electron chi connectivity index (χ0n) is 14.7. The molecule has 0 fully saturated rings. The first-order valence-electron chi connectivity index (χ1n) is 9.18. The Morgan fingerprint density at radius 2 is 1.81 bits per heavy atom. The standard InChI is InChI=1S/C22H20N2O2/c1-14-6-8-15(9-7-14)22(26)23-13-12-17-16-4-2-3-5-18(16)24-20(25)11-10-19(23)21(17)24/h2-9,19H,10-13H2,1H3. The van der Waals surface area contributed by atoms with Gasteiger partial charge in [0.05, 0.1) is 17.3 Å². The average Bonchev–Trinajstić information content (AvgIpc) is 3.01. The summed E-state index contributed by atoms with van der Waals surface area (Å²) >= 11 is 0. The number of hydrogen-bond donors (Lipinski definition) is 0. The Bertz CT molecular complexity index is 1050. The van der Waals surface area contributed by atoms with Crippen LogP contribution in [0.5, 0.6) is 0 Å². The maximum atomic E-state index is 13.2. The van der Waals surface area contributed by atoms with Crippen molar-refractivity contribution in [2.75, 3.05) is 6.54 Å². The molecule has 1 aromatic heterocycles. The van der Waals surface area contributed by atoms with Crippen LogP contribution in [-0.4, -0.2) is 27.8 Å². The molecule has 0 aliphatic carbocycles. The van der Waals surface area contributed by atoms with E-state index in [2.05, 4.69) is 6.07 Å². The van der Waals surface area contributed by atoms with Gasteiger partial charge in [0.2, 0.25) is 5.91 Å². The van der Waals surface area contributed by atoms with Crippen LogP contribution in [0.1, 0.15) is 50.9 Å². The lowest BCUT2D eigenvalue weighted by Crippen LogP contribution is -2.43. The summed E-state index contributed by atoms with van der Waals surface area (Å²) in [5.41, 5.74) is 5.13. The summed E-state index contributed by atoms with van der Waals surface area (Å²) in [6.45, 7) is 2.72. The number of aromatic nitrogens is 1. The third kappa shape index (κ3) is 2.08. The highest BCUT2D eigenvalue weighted by Crippen LogP contribution is 2.42. The van der Waals surface area contributed by atoms with Crippen molar-refractivity contribution >= 4 is 22.7 Å². The molecule has 2 aliphatic rings. The summed E-state index contributed by atoms with van der Waals surface area (Å²) in [6.07, 6.45) is 1.98. The third-order valence-electron chi connectivity index (χ3n) is 5.76. The minimum atomic E-state index is -0.0161. The number of para-hydroxylation sites is 1. The summed E-state index contributed by atoms with van der Waals surface area (Å²) in [5, 5.41) is 1.16. The lowest BCUT2D eigenvalue weighted by Gasteiger charge is -2.39. The van der Waals surface area contributed by atoms with Crippen LogP contribution in [0.3, 0.4) is 0 Å². The van der Waals surface area contributed by atoms with E-state index in [1.54, 1.807) is 0 Å². The van der Waals surface area contributed by atoms with Crippen LogP contribution in [-0.2, 0) is 6.42 Å². The van der Waals surface area contributed by atoms with Crippen LogP contribution in [0, 0.1) is 6.92 Å². The van der Waals surface area contributed by atoms with E-state index in [-0.39, 0.29) is 17.9 Å². The quantitative estimate of drug-likeness (QED) is 0.666. The fourth-order valence-electron chi connectivity index (χ4n) is 4.51. The van der Waals surface area contributed by atoms with Crippen molar-refractivity contribution in [2.45, 2.75) is 32.2 Å². The van der Waals surface area contributed by atoms with E-state index in [9.17, 15) is 9.59 Å². The van der Waals surface area contributed by atoms with Crippen molar-refractivity contribution in [1.29, 1.82) is 0 Å². The number of rotatable bonds is 1. The van der Waals surface area contributed by atoms with Gasteiger partial charge >= 0.3 is 0 Å². The molecular formula is C22H20N2O2. The Morgan fingerprint density at radius 3 is 2.62 bits per heavy atom. The van der Waals surface area contributed by atoms with Gasteiger partial charge in [0, 0.05) is 23.9 Å². The Hall–Kier alpha value is -2.88. The molecule has 5 rings (SSSR count). The normalized spacial score (nSPS) is 18.9. The van der Waals surface area contributed by atoms with E-state index < -0.39 is 0 Å². The van der Waals surface area contributed by atoms with Crippen molar-refractivity contribution in [2.24, 2.45) is 0 Å². The molecule has 1 unspecified atom stereocenters. The number of aryl methyl sites for hydroxylation is 1. The van der Waals surface area contributed by atoms with E-state index in [0.717, 1.165) is 34.1 Å². The molecule has 0 N–H and O–H groups in total. The predicted octanol–water partition coefficient (Wildman–Crippen LogP) is 4.12. The smallest absolute Gasteiger partial charge is 0.254 e. The summed E-state index contributed by atoms with van der Waals surface area (Å²) in [5.74, 6) is 0.204. The van der Waals surface area contributed by atoms with Crippen LogP contribution >= 0.6 is 0 Å². The maximum Gasteiger partial charge on any atom is 0.254 e. The van der Waals surface area contributed by atoms with E-state index >= 15 is 0 Å². The highest BCUT2D eigenvalue weighted by atomic mass is 16.2. The molecule has 130 valence electrons. The summed E-state index contributed by atoms with van der Waals surface area (Å²) < 4.78 is 1.87. The van der Waals surface area contributed by atoms with E-state index in [0.29, 0.717) is 19.4 Å². The van der Waals surface area contributed by atoms with Gasteiger partial charge in [-0.25, -0.2) is 0 Å². The molecule has 4 heteroatoms. The van der Waals surface area contributed by atoms with Crippen molar-refractivity contribution in [3.05, 3.63) is 70.9 Å². The zero-order valence-corrected chi connectivity index (χ0v) is 14.7. The molecule has 0 radical (unpaired) electrons. The molecule has 26 heavy (non-hydrogen) atoms. The monoisotopic (exact) mass is 344 g/mol. The minimum Gasteiger partial charge on any atom is -0.330 e. The first kappa shape index (κ1) is 15.4. The topological polar surface area (TPSA) is 42.3 Å². The van der Waals surface area contributed by atoms with Crippen molar-refractivity contribution in [3.8, 4) is 0 Å². The van der Waals surface area contributed by atoms with Gasteiger partial charge in [-0.15, -0.1) is 0 Å². The van der Waals surface area contributed by atoms with Gasteiger partial charge in [0.1, 0.15) is 0 Å². The average molecular weight is 344 g/mol. The van der Waals surface area contributed by atoms with Gasteiger partial charge < -0.3 is 4.90 Å². The summed E-state index contributed by atoms with van der Waals surface area (Å²) in [6, 6.07) is 15.8. The molecule has 3 heterocycles. The van der Waals surface area contributed by atoms with Gasteiger partial charge in [-0.1, -0.05) is 35.9 Å². The number of fused-ring (bicyclic) bond motifs is 3. The number of carbonyl (C=O) groups excluding carboxylic acids is 2. The Kier molecular flexibility index (Phi) is 3.29. The predicted molar refractivity (Wildman–Crippen MR) is 100 cm³/mol. The maximum absolute atomic E-state index is 13.2. The van der Waals surface area contributed by atoms with Gasteiger partial charge in [-0.05, 0) is 43.5 Å². The highest BCUT2D eigenvalue weighted by molar-refractivity contribution is 5.99. The first-order valence-corrected chi connectivity index (χ1v) is 9.18. The van der Waals surface area contributed by atoms with Gasteiger partial charge in [0.25, 0.3) is 5.91 Å². The molecule has 0 saturated carbocycles. The molecular weight excluding hydrogens is 324 g/mol. The molecule has 0 spiro atoms. The SMILES string of the molecule is Cc1ccc(C(=O)N2CCc3c4n(c5ccccc35)C(=O)CCC42)cc1. The number of nitrogens with zero attached hydrogens (tertiary/aromatic N) is 2. The number of hydrogen-bond acceptors (Lipinski definition) is 2. The first-order chi connectivity index (χ1) is 12.6. The van der Waals surface area contributed by atoms with Crippen molar-refractivity contribution in [3.63, 3.8) is 0 Å². The van der Waals surface area contributed by atoms with Crippen LogP contribution < -0.4 is 0 Å². The van der Waals surface area contributed by atoms with Gasteiger partial charge in [-0.3, -0.25) is 14.2 Å². The van der Waals surface area contributed by atoms with E-state index in [1.807, 2.05) is 58.9 Å². The summed E-state index contributed by atoms with van der Waals surface area (Å²) in [7, 11) is 0. The largest absolute Gasteiger partial charge is 0.330 e. The Balaban J connectivity index is 1.64. The Labute approximate surface area is 152 Å². The number of carbonyl (C=O) groups is 2. The molecule has 0 saturated heterocycles. The second-order valence-electron chi connectivity index (χ2n) is 7.28. The lowest BCUT2D eigenvalue weighted by atomic mass is 9.91. The van der Waals surface area contributed by atoms with Gasteiger partial charge in [0.15, 0.2) is 0 Å². The molecule has 1 atom stereocenters. The molecule has 4 nitrogen and oxygen atoms in total. The highest BCUT2D eigenvalue weighted by Gasteiger charge is 2.39. The van der Waals surface area contributed by atoms with Crippen LogP contribution in [0.2, 0.25) is 0 Å². The van der Waals surface area contributed by atoms with Crippen LogP contribution in [0.15, 0.2) is 48.5 Å². The van der Waals surface area contributed by atoms with Crippen LogP contribution in [0.4, 0.5) is 0 Å². The fourth-order valence-corrected chi connectivity index (χ4v) is 4.51. The summed E-state index contributed by atoms with van der Waals surface area (Å²) in [4.78, 5) is 27.8. The second kappa shape index (κ2) is 5.56. The van der Waals surface area contributed by atoms with Crippen molar-refractivity contribution < 1.29 is 9.59 Å². The lowest BCUT2D eigenvalue weighted by molar-refractivity contribution is 0.0593. The molecule has 0 bridgehead atoms. The molecule has 1 amide bonds. The number of benzene rings is 2. The third-order valence-corrected chi connectivity index (χ3v) is 5.76. The molecule has 2 aromatic carbocycles. The zero-order chi connectivity index (χ0) is 17.8. The number of amides is 1. The Morgan fingerprint density at radius 1 is 1.04 bits per heavy atom. The van der Waals surface area contributed by atoms with Crippen LogP contribution in [0.25, 0.3) is 10.9 Å². The second-order valence-corrected chi connectivity index (χ2v) is 7.28. The van der Waals surface area contributed by atoms with Crippen molar-refractivity contribution in [1.82, 2.24) is 9.47 Å². The van der Waals surface area contributed by atoms with Gasteiger partial charge in [-0.2, -0.15) is 0 Å². The van der Waals surface area contributed by atoms with E-state index in [1.165, 1.54) is 5.56 Å². The minimum absolute atomic E-state index is 0.0161. The van der Waals surface area contributed by atoms with E-state index in [4.69, 9.17) is 0 Å². The molecule has 2 aliphatic heterocycles.